The number of ether oxygens (including phenoxy) is 1. The maximum Gasteiger partial charge on any atom is 0.0865 e. The van der Waals surface area contributed by atoms with E-state index in [2.05, 4.69) is 0 Å². The van der Waals surface area contributed by atoms with Crippen molar-refractivity contribution in [2.75, 3.05) is 37.4 Å². The smallest absolute Gasteiger partial charge is 0.0865 e. The molecular weight excluding hydrogens is 216 g/mol. The van der Waals surface area contributed by atoms with Crippen molar-refractivity contribution in [1.82, 2.24) is 0 Å². The molecular formula is C13H20N2O2. The van der Waals surface area contributed by atoms with Gasteiger partial charge in [0, 0.05) is 39.6 Å². The number of nitrogen functional groups attached to an aromatic ring is 1. The highest BCUT2D eigenvalue weighted by Crippen LogP contribution is 2.26. The fraction of sp³-hybridized carbons (Fsp3) is 0.538. The van der Waals surface area contributed by atoms with Gasteiger partial charge in [-0.25, -0.2) is 0 Å². The van der Waals surface area contributed by atoms with Crippen LogP contribution in [0, 0.1) is 0 Å². The van der Waals surface area contributed by atoms with E-state index in [1.807, 2.05) is 36.2 Å². The normalized spacial score (nSPS) is 18.9. The van der Waals surface area contributed by atoms with Crippen LogP contribution in [0.2, 0.25) is 0 Å². The molecule has 1 fully saturated rings. The molecule has 0 radical (unpaired) electrons. The fourth-order valence-corrected chi connectivity index (χ4v) is 2.27. The summed E-state index contributed by atoms with van der Waals surface area (Å²) in [6.45, 7) is 1.85. The number of nitrogens with zero attached hydrogens (tertiary/aromatic N) is 1. The molecule has 0 unspecified atom stereocenters. The molecule has 1 aliphatic heterocycles. The number of hydrogen-bond donors (Lipinski definition) is 2. The summed E-state index contributed by atoms with van der Waals surface area (Å²) in [6, 6.07) is 7.71. The van der Waals surface area contributed by atoms with Gasteiger partial charge in [-0.1, -0.05) is 12.1 Å². The lowest BCUT2D eigenvalue weighted by Crippen LogP contribution is -2.45. The number of benzene rings is 1. The predicted octanol–water partition coefficient (Wildman–Crippen LogP) is 1.25. The molecule has 1 aromatic rings. The van der Waals surface area contributed by atoms with E-state index in [-0.39, 0.29) is 0 Å². The average molecular weight is 236 g/mol. The van der Waals surface area contributed by atoms with Crippen molar-refractivity contribution in [1.29, 1.82) is 0 Å². The monoisotopic (exact) mass is 236 g/mol. The number of rotatable bonds is 3. The summed E-state index contributed by atoms with van der Waals surface area (Å²) >= 11 is 0. The second kappa shape index (κ2) is 4.94. The molecule has 0 atom stereocenters. The lowest BCUT2D eigenvalue weighted by atomic mass is 9.93. The Morgan fingerprint density at radius 1 is 1.35 bits per heavy atom. The zero-order chi connectivity index (χ0) is 12.3. The third-order valence-corrected chi connectivity index (χ3v) is 3.30. The molecule has 1 heterocycles. The van der Waals surface area contributed by atoms with Gasteiger partial charge in [-0.05, 0) is 12.1 Å². The number of anilines is 2. The molecule has 0 spiro atoms. The summed E-state index contributed by atoms with van der Waals surface area (Å²) < 4.78 is 5.27. The van der Waals surface area contributed by atoms with E-state index in [0.717, 1.165) is 11.4 Å². The summed E-state index contributed by atoms with van der Waals surface area (Å²) in [7, 11) is 1.96. The second-order valence-electron chi connectivity index (χ2n) is 4.75. The van der Waals surface area contributed by atoms with Crippen molar-refractivity contribution in [3.63, 3.8) is 0 Å². The first-order valence-corrected chi connectivity index (χ1v) is 5.96. The van der Waals surface area contributed by atoms with E-state index in [9.17, 15) is 5.11 Å². The van der Waals surface area contributed by atoms with Crippen LogP contribution >= 0.6 is 0 Å². The van der Waals surface area contributed by atoms with Crippen molar-refractivity contribution < 1.29 is 9.84 Å². The Morgan fingerprint density at radius 2 is 2.00 bits per heavy atom. The van der Waals surface area contributed by atoms with Gasteiger partial charge in [0.25, 0.3) is 0 Å². The van der Waals surface area contributed by atoms with Gasteiger partial charge in [0.05, 0.1) is 17.0 Å². The van der Waals surface area contributed by atoms with Crippen LogP contribution in [0.1, 0.15) is 12.8 Å². The molecule has 17 heavy (non-hydrogen) atoms. The maximum atomic E-state index is 10.4. The maximum absolute atomic E-state index is 10.4. The molecule has 2 rings (SSSR count). The minimum absolute atomic E-state index is 0.588. The Balaban J connectivity index is 2.06. The van der Waals surface area contributed by atoms with E-state index >= 15 is 0 Å². The van der Waals surface area contributed by atoms with Crippen LogP contribution in [0.15, 0.2) is 24.3 Å². The molecule has 0 amide bonds. The van der Waals surface area contributed by atoms with E-state index in [1.54, 1.807) is 0 Å². The highest BCUT2D eigenvalue weighted by molar-refractivity contribution is 5.66. The summed E-state index contributed by atoms with van der Waals surface area (Å²) in [5.74, 6) is 0. The van der Waals surface area contributed by atoms with Crippen LogP contribution < -0.4 is 10.6 Å². The standard InChI is InChI=1S/C13H20N2O2/c1-15(12-5-3-2-4-11(12)14)10-13(16)6-8-17-9-7-13/h2-5,16H,6-10,14H2,1H3. The number of nitrogens with two attached hydrogens (primary N) is 1. The Morgan fingerprint density at radius 3 is 2.65 bits per heavy atom. The Kier molecular flexibility index (Phi) is 3.54. The molecule has 0 aromatic heterocycles. The van der Waals surface area contributed by atoms with Crippen molar-refractivity contribution in [3.8, 4) is 0 Å². The molecule has 3 N–H and O–H groups in total. The van der Waals surface area contributed by atoms with Gasteiger partial charge >= 0.3 is 0 Å². The number of aliphatic hydroxyl groups is 1. The first-order chi connectivity index (χ1) is 8.11. The van der Waals surface area contributed by atoms with Crippen LogP contribution in [0.5, 0.6) is 0 Å². The predicted molar refractivity (Wildman–Crippen MR) is 69.1 cm³/mol. The van der Waals surface area contributed by atoms with Crippen molar-refractivity contribution in [2.24, 2.45) is 0 Å². The van der Waals surface area contributed by atoms with Crippen molar-refractivity contribution >= 4 is 11.4 Å². The van der Waals surface area contributed by atoms with Gasteiger partial charge in [0.1, 0.15) is 0 Å². The van der Waals surface area contributed by atoms with E-state index < -0.39 is 5.60 Å². The van der Waals surface area contributed by atoms with Gasteiger partial charge in [0.15, 0.2) is 0 Å². The first kappa shape index (κ1) is 12.2. The van der Waals surface area contributed by atoms with E-state index in [0.29, 0.717) is 32.6 Å². The highest BCUT2D eigenvalue weighted by atomic mass is 16.5. The molecule has 4 nitrogen and oxygen atoms in total. The summed E-state index contributed by atoms with van der Waals surface area (Å²) in [5.41, 5.74) is 6.97. The quantitative estimate of drug-likeness (QED) is 0.775. The molecule has 1 aliphatic rings. The third kappa shape index (κ3) is 2.90. The van der Waals surface area contributed by atoms with Gasteiger partial charge in [-0.3, -0.25) is 0 Å². The molecule has 1 saturated heterocycles. The van der Waals surface area contributed by atoms with E-state index in [1.165, 1.54) is 0 Å². The van der Waals surface area contributed by atoms with Crippen LogP contribution in [-0.4, -0.2) is 37.5 Å². The van der Waals surface area contributed by atoms with Crippen LogP contribution in [-0.2, 0) is 4.74 Å². The average Bonchev–Trinajstić information content (AvgIpc) is 2.29. The van der Waals surface area contributed by atoms with E-state index in [4.69, 9.17) is 10.5 Å². The Bertz CT molecular complexity index is 375. The van der Waals surface area contributed by atoms with Gasteiger partial charge in [-0.15, -0.1) is 0 Å². The van der Waals surface area contributed by atoms with Gasteiger partial charge < -0.3 is 20.5 Å². The number of likely N-dealkylation sites (N-methyl/N-ethyl adjacent to an activating group) is 1. The molecule has 0 saturated carbocycles. The lowest BCUT2D eigenvalue weighted by Gasteiger charge is -2.36. The second-order valence-corrected chi connectivity index (χ2v) is 4.75. The number of hydrogen-bond acceptors (Lipinski definition) is 4. The largest absolute Gasteiger partial charge is 0.397 e. The molecule has 94 valence electrons. The summed E-state index contributed by atoms with van der Waals surface area (Å²) in [4.78, 5) is 2.01. The van der Waals surface area contributed by atoms with Crippen molar-refractivity contribution in [2.45, 2.75) is 18.4 Å². The Labute approximate surface area is 102 Å². The lowest BCUT2D eigenvalue weighted by molar-refractivity contribution is -0.0572. The highest BCUT2D eigenvalue weighted by Gasteiger charge is 2.31. The molecule has 0 bridgehead atoms. The van der Waals surface area contributed by atoms with Gasteiger partial charge in [0.2, 0.25) is 0 Å². The SMILES string of the molecule is CN(CC1(O)CCOCC1)c1ccccc1N. The van der Waals surface area contributed by atoms with Gasteiger partial charge in [-0.2, -0.15) is 0 Å². The zero-order valence-electron chi connectivity index (χ0n) is 10.2. The minimum Gasteiger partial charge on any atom is -0.397 e. The molecule has 4 heteroatoms. The van der Waals surface area contributed by atoms with Crippen molar-refractivity contribution in [3.05, 3.63) is 24.3 Å². The van der Waals surface area contributed by atoms with Crippen LogP contribution in [0.3, 0.4) is 0 Å². The third-order valence-electron chi connectivity index (χ3n) is 3.30. The Hall–Kier alpha value is -1.26. The topological polar surface area (TPSA) is 58.7 Å². The van der Waals surface area contributed by atoms with Crippen LogP contribution in [0.4, 0.5) is 11.4 Å². The molecule has 0 aliphatic carbocycles. The zero-order valence-corrected chi connectivity index (χ0v) is 10.2. The summed E-state index contributed by atoms with van der Waals surface area (Å²) in [5, 5.41) is 10.4. The fourth-order valence-electron chi connectivity index (χ4n) is 2.27. The minimum atomic E-state index is -0.657. The first-order valence-electron chi connectivity index (χ1n) is 5.96. The summed E-state index contributed by atoms with van der Waals surface area (Å²) in [6.07, 6.45) is 1.37. The molecule has 1 aromatic carbocycles. The van der Waals surface area contributed by atoms with Crippen LogP contribution in [0.25, 0.3) is 0 Å². The number of para-hydroxylation sites is 2.